The first kappa shape index (κ1) is 41.6. The average Bonchev–Trinajstić information content (AvgIpc) is 3.68. The number of carbonyl (C=O) groups is 2. The van der Waals surface area contributed by atoms with Crippen LogP contribution in [0.25, 0.3) is 23.8 Å². The minimum Gasteiger partial charge on any atom is -0.492 e. The van der Waals surface area contributed by atoms with E-state index in [0.717, 1.165) is 45.8 Å². The SMILES string of the molecule is O=C(O)c1nn(-c2ccccn2)c(O)c1N=Nc1ccc(/C=C/c2ccc(N=Nc3c(C(=O)O)nn(-c4ccccn4)c3O)cc2S(=O)(=O)O)c(S(=O)(=O)O)c1.[Na+]. The van der Waals surface area contributed by atoms with Gasteiger partial charge >= 0.3 is 41.5 Å². The number of carboxylic acid groups (broad SMARTS) is 2. The van der Waals surface area contributed by atoms with Gasteiger partial charge in [-0.1, -0.05) is 36.4 Å². The van der Waals surface area contributed by atoms with Gasteiger partial charge in [-0.3, -0.25) is 9.11 Å². The van der Waals surface area contributed by atoms with E-state index in [0.29, 0.717) is 0 Å². The number of azo groups is 2. The van der Waals surface area contributed by atoms with Gasteiger partial charge in [-0.15, -0.1) is 10.2 Å². The second-order valence-corrected chi connectivity index (χ2v) is 13.8. The van der Waals surface area contributed by atoms with Crippen LogP contribution in [-0.4, -0.2) is 87.8 Å². The number of nitrogens with zero attached hydrogens (tertiary/aromatic N) is 10. The minimum absolute atomic E-state index is 0. The molecule has 0 aliphatic rings. The van der Waals surface area contributed by atoms with Gasteiger partial charge in [0.1, 0.15) is 9.79 Å². The summed E-state index contributed by atoms with van der Waals surface area (Å²) in [6.07, 6.45) is 4.88. The van der Waals surface area contributed by atoms with Crippen LogP contribution in [0, 0.1) is 0 Å². The third kappa shape index (κ3) is 9.13. The summed E-state index contributed by atoms with van der Waals surface area (Å²) in [7, 11) is -10.0. The summed E-state index contributed by atoms with van der Waals surface area (Å²) < 4.78 is 71.0. The van der Waals surface area contributed by atoms with Crippen molar-refractivity contribution in [2.75, 3.05) is 0 Å². The Balaban J connectivity index is 0.00000620. The Labute approximate surface area is 341 Å². The molecule has 0 atom stereocenters. The maximum Gasteiger partial charge on any atom is 1.00 e. The zero-order valence-corrected chi connectivity index (χ0v) is 32.3. The Morgan fingerprint density at radius 2 is 0.982 bits per heavy atom. The molecular formula is C32H22N10NaO12S2+. The molecule has 0 aliphatic heterocycles. The van der Waals surface area contributed by atoms with Gasteiger partial charge in [0.2, 0.25) is 23.1 Å². The molecule has 22 nitrogen and oxygen atoms in total. The van der Waals surface area contributed by atoms with Crippen LogP contribution in [0.5, 0.6) is 11.8 Å². The van der Waals surface area contributed by atoms with Crippen LogP contribution in [0.2, 0.25) is 0 Å². The molecule has 0 saturated heterocycles. The van der Waals surface area contributed by atoms with Crippen LogP contribution in [0.4, 0.5) is 22.7 Å². The number of rotatable bonds is 12. The first-order valence-electron chi connectivity index (χ1n) is 15.2. The zero-order valence-electron chi connectivity index (χ0n) is 28.7. The number of aromatic carboxylic acids is 2. The molecule has 0 unspecified atom stereocenters. The van der Waals surface area contributed by atoms with Gasteiger partial charge in [-0.05, 0) is 59.7 Å². The van der Waals surface area contributed by atoms with Crippen molar-refractivity contribution in [2.45, 2.75) is 9.79 Å². The van der Waals surface area contributed by atoms with Gasteiger partial charge in [-0.2, -0.15) is 46.6 Å². The third-order valence-corrected chi connectivity index (χ3v) is 9.15. The maximum atomic E-state index is 12.4. The van der Waals surface area contributed by atoms with Gasteiger partial charge in [0.25, 0.3) is 20.2 Å². The van der Waals surface area contributed by atoms with Gasteiger partial charge < -0.3 is 20.4 Å². The Kier molecular flexibility index (Phi) is 12.2. The molecule has 4 aromatic heterocycles. The summed E-state index contributed by atoms with van der Waals surface area (Å²) in [5.41, 5.74) is -3.54. The number of carboxylic acids is 2. The maximum absolute atomic E-state index is 12.4. The van der Waals surface area contributed by atoms with E-state index in [9.17, 15) is 56.0 Å². The summed E-state index contributed by atoms with van der Waals surface area (Å²) in [5, 5.41) is 63.1. The molecule has 0 spiro atoms. The summed E-state index contributed by atoms with van der Waals surface area (Å²) >= 11 is 0. The summed E-state index contributed by atoms with van der Waals surface area (Å²) in [4.78, 5) is 30.1. The molecular weight excluding hydrogens is 804 g/mol. The Morgan fingerprint density at radius 1 is 0.596 bits per heavy atom. The third-order valence-electron chi connectivity index (χ3n) is 7.33. The molecule has 6 aromatic rings. The van der Waals surface area contributed by atoms with Crippen LogP contribution >= 0.6 is 0 Å². The van der Waals surface area contributed by atoms with Crippen LogP contribution < -0.4 is 29.6 Å². The number of hydrogen-bond donors (Lipinski definition) is 6. The number of pyridine rings is 2. The van der Waals surface area contributed by atoms with Crippen molar-refractivity contribution < 1.29 is 85.5 Å². The summed E-state index contributed by atoms with van der Waals surface area (Å²) in [6.45, 7) is 0. The quantitative estimate of drug-likeness (QED) is 0.0445. The van der Waals surface area contributed by atoms with E-state index in [-0.39, 0.29) is 63.7 Å². The smallest absolute Gasteiger partial charge is 0.492 e. The molecule has 0 aliphatic carbocycles. The van der Waals surface area contributed by atoms with Gasteiger partial charge in [0, 0.05) is 12.4 Å². The molecule has 25 heteroatoms. The van der Waals surface area contributed by atoms with Crippen molar-refractivity contribution in [1.82, 2.24) is 29.5 Å². The molecule has 0 radical (unpaired) electrons. The number of benzene rings is 2. The summed E-state index contributed by atoms with van der Waals surface area (Å²) in [5.74, 6) is -4.56. The fraction of sp³-hybridized carbons (Fsp3) is 0. The largest absolute Gasteiger partial charge is 1.00 e. The predicted molar refractivity (Wildman–Crippen MR) is 190 cm³/mol. The number of aromatic hydroxyl groups is 2. The van der Waals surface area contributed by atoms with Crippen molar-refractivity contribution in [3.8, 4) is 23.4 Å². The standard InChI is InChI=1S/C32H22N10O12S2.Na/c43-29-25(27(31(45)46)39-41(29)23-5-1-3-13-33-23)37-35-19-11-9-17(21(15-19)55(49,50)51)7-8-18-10-12-20(16-22(18)56(52,53)54)36-38-26-28(32(47)48)40-42(30(26)44)24-6-2-4-14-34-24;/h1-16,43-44H,(H,45,46)(H,47,48)(H,49,50,51)(H,52,53,54);/q;+1/b8-7+,37-35?,38-36?;. The number of aromatic nitrogens is 6. The second-order valence-electron chi connectivity index (χ2n) is 11.0. The van der Waals surface area contributed by atoms with Crippen molar-refractivity contribution in [3.63, 3.8) is 0 Å². The van der Waals surface area contributed by atoms with Crippen molar-refractivity contribution in [2.24, 2.45) is 20.5 Å². The van der Waals surface area contributed by atoms with E-state index < -0.39 is 76.5 Å². The van der Waals surface area contributed by atoms with Gasteiger partial charge in [-0.25, -0.2) is 19.6 Å². The van der Waals surface area contributed by atoms with E-state index in [1.165, 1.54) is 36.7 Å². The first-order valence-corrected chi connectivity index (χ1v) is 18.1. The molecule has 0 amide bonds. The molecule has 0 saturated carbocycles. The first-order chi connectivity index (χ1) is 26.5. The fourth-order valence-corrected chi connectivity index (χ4v) is 6.25. The summed E-state index contributed by atoms with van der Waals surface area (Å²) in [6, 6.07) is 15.5. The van der Waals surface area contributed by atoms with E-state index in [1.807, 2.05) is 0 Å². The monoisotopic (exact) mass is 825 g/mol. The van der Waals surface area contributed by atoms with Gasteiger partial charge in [0.05, 0.1) is 11.4 Å². The van der Waals surface area contributed by atoms with E-state index in [2.05, 4.69) is 40.6 Å². The van der Waals surface area contributed by atoms with Gasteiger partial charge in [0.15, 0.2) is 23.0 Å². The van der Waals surface area contributed by atoms with Crippen LogP contribution in [0.1, 0.15) is 32.1 Å². The molecule has 0 bridgehead atoms. The van der Waals surface area contributed by atoms with E-state index in [4.69, 9.17) is 0 Å². The normalized spacial score (nSPS) is 12.0. The molecule has 6 rings (SSSR count). The van der Waals surface area contributed by atoms with Crippen molar-refractivity contribution in [3.05, 3.63) is 108 Å². The van der Waals surface area contributed by atoms with Crippen LogP contribution in [-0.2, 0) is 20.2 Å². The zero-order chi connectivity index (χ0) is 40.4. The fourth-order valence-electron chi connectivity index (χ4n) is 4.84. The van der Waals surface area contributed by atoms with Crippen molar-refractivity contribution >= 4 is 67.1 Å². The number of hydrogen-bond acceptors (Lipinski definition) is 16. The molecule has 4 heterocycles. The van der Waals surface area contributed by atoms with E-state index >= 15 is 0 Å². The average molecular weight is 826 g/mol. The molecule has 2 aromatic carbocycles. The Hall–Kier alpha value is -6.54. The molecule has 57 heavy (non-hydrogen) atoms. The van der Waals surface area contributed by atoms with E-state index in [1.54, 1.807) is 24.3 Å². The second kappa shape index (κ2) is 16.7. The van der Waals surface area contributed by atoms with Crippen molar-refractivity contribution in [1.29, 1.82) is 0 Å². The topological polar surface area (TPSA) is 335 Å². The minimum atomic E-state index is -5.00. The molecule has 284 valence electrons. The Morgan fingerprint density at radius 3 is 1.30 bits per heavy atom. The van der Waals surface area contributed by atoms with Crippen LogP contribution in [0.15, 0.2) is 115 Å². The predicted octanol–water partition coefficient (Wildman–Crippen LogP) is 2.15. The molecule has 0 fully saturated rings. The van der Waals surface area contributed by atoms with Crippen LogP contribution in [0.3, 0.4) is 0 Å². The Bertz CT molecular complexity index is 2650. The molecule has 6 N–H and O–H groups in total.